The average Bonchev–Trinajstić information content (AvgIpc) is 2.76. The second-order valence-electron chi connectivity index (χ2n) is 6.47. The summed E-state index contributed by atoms with van der Waals surface area (Å²) in [5, 5.41) is 9.84. The molecule has 4 atom stereocenters. The fourth-order valence-corrected chi connectivity index (χ4v) is 4.48. The first-order valence-corrected chi connectivity index (χ1v) is 9.16. The highest BCUT2D eigenvalue weighted by atomic mass is 127. The zero-order chi connectivity index (χ0) is 15.7. The van der Waals surface area contributed by atoms with Gasteiger partial charge in [0.05, 0.1) is 5.92 Å². The highest BCUT2D eigenvalue weighted by Crippen LogP contribution is 2.47. The van der Waals surface area contributed by atoms with Crippen LogP contribution in [0.4, 0.5) is 0 Å². The smallest absolute Gasteiger partial charge is 0.308 e. The summed E-state index contributed by atoms with van der Waals surface area (Å²) >= 11 is 2.23. The number of benzene rings is 1. The predicted octanol–water partition coefficient (Wildman–Crippen LogP) is 4.39. The summed E-state index contributed by atoms with van der Waals surface area (Å²) in [7, 11) is 0. The van der Waals surface area contributed by atoms with Gasteiger partial charge >= 0.3 is 5.97 Å². The Hall–Kier alpha value is -0.590. The molecule has 0 aliphatic carbocycles. The summed E-state index contributed by atoms with van der Waals surface area (Å²) in [6.07, 6.45) is 5.24. The van der Waals surface area contributed by atoms with Crippen molar-refractivity contribution in [1.82, 2.24) is 4.90 Å². The Morgan fingerprint density at radius 3 is 2.65 bits per heavy atom. The molecule has 3 rings (SSSR count). The van der Waals surface area contributed by atoms with Crippen molar-refractivity contribution in [3.63, 3.8) is 0 Å². The number of hydrogen-bond acceptors (Lipinski definition) is 2. The first-order valence-electron chi connectivity index (χ1n) is 7.92. The first kappa shape index (κ1) is 18.7. The minimum absolute atomic E-state index is 0. The molecule has 0 spiro atoms. The predicted molar refractivity (Wildman–Crippen MR) is 104 cm³/mol. The molecule has 0 aromatic heterocycles. The van der Waals surface area contributed by atoms with Crippen molar-refractivity contribution in [3.8, 4) is 0 Å². The number of nitrogens with zero attached hydrogens (tertiary/aromatic N) is 1. The Morgan fingerprint density at radius 2 is 2.04 bits per heavy atom. The van der Waals surface area contributed by atoms with Crippen molar-refractivity contribution in [2.24, 2.45) is 5.92 Å². The van der Waals surface area contributed by atoms with Crippen molar-refractivity contribution in [2.45, 2.75) is 44.2 Å². The van der Waals surface area contributed by atoms with Gasteiger partial charge in [0.1, 0.15) is 0 Å². The van der Waals surface area contributed by atoms with Crippen molar-refractivity contribution in [2.75, 3.05) is 6.54 Å². The van der Waals surface area contributed by atoms with E-state index in [1.165, 1.54) is 11.1 Å². The molecule has 2 bridgehead atoms. The molecule has 2 heterocycles. The van der Waals surface area contributed by atoms with E-state index in [9.17, 15) is 9.90 Å². The minimum Gasteiger partial charge on any atom is -0.481 e. The Kier molecular flexibility index (Phi) is 6.51. The number of aryl methyl sites for hydroxylation is 1. The van der Waals surface area contributed by atoms with E-state index in [4.69, 9.17) is 0 Å². The zero-order valence-electron chi connectivity index (χ0n) is 13.2. The summed E-state index contributed by atoms with van der Waals surface area (Å²) in [6, 6.07) is 9.14. The second-order valence-corrected chi connectivity index (χ2v) is 7.19. The summed E-state index contributed by atoms with van der Waals surface area (Å²) in [6.45, 7) is 2.95. The summed E-state index contributed by atoms with van der Waals surface area (Å²) < 4.78 is 2.03. The van der Waals surface area contributed by atoms with Gasteiger partial charge in [0, 0.05) is 24.5 Å². The number of hydrogen-bond donors (Lipinski definition) is 1. The highest BCUT2D eigenvalue weighted by molar-refractivity contribution is 14.1. The van der Waals surface area contributed by atoms with Crippen molar-refractivity contribution >= 4 is 41.0 Å². The van der Waals surface area contributed by atoms with Gasteiger partial charge in [-0.05, 0) is 35.8 Å². The quantitative estimate of drug-likeness (QED) is 0.696. The fraction of sp³-hybridized carbons (Fsp3) is 0.500. The number of rotatable bonds is 4. The first-order chi connectivity index (χ1) is 10.6. The van der Waals surface area contributed by atoms with Crippen molar-refractivity contribution in [1.29, 1.82) is 0 Å². The van der Waals surface area contributed by atoms with Crippen LogP contribution < -0.4 is 0 Å². The summed E-state index contributed by atoms with van der Waals surface area (Å²) in [4.78, 5) is 14.4. The van der Waals surface area contributed by atoms with E-state index in [1.54, 1.807) is 0 Å². The topological polar surface area (TPSA) is 40.5 Å². The summed E-state index contributed by atoms with van der Waals surface area (Å²) in [5.74, 6) is -0.779. The molecular weight excluding hydrogens is 425 g/mol. The molecular formula is C18H23ClINO2. The van der Waals surface area contributed by atoms with Gasteiger partial charge in [0.2, 0.25) is 0 Å². The molecule has 0 saturated carbocycles. The average molecular weight is 448 g/mol. The van der Waals surface area contributed by atoms with Crippen molar-refractivity contribution < 1.29 is 9.90 Å². The van der Waals surface area contributed by atoms with Crippen LogP contribution >= 0.6 is 35.0 Å². The Bertz CT molecular complexity index is 575. The molecule has 0 radical (unpaired) electrons. The molecule has 2 aliphatic rings. The molecule has 2 fully saturated rings. The molecule has 1 aromatic rings. The van der Waals surface area contributed by atoms with Crippen LogP contribution in [0.25, 0.3) is 0 Å². The summed E-state index contributed by atoms with van der Waals surface area (Å²) in [5.41, 5.74) is 2.42. The van der Waals surface area contributed by atoms with Gasteiger partial charge < -0.3 is 5.11 Å². The SMILES string of the molecule is Cc1ccc([C@@H]2C[C@@H]3CC[C@H]([C@@H]2C(=O)O)N3C/C=C/I)cc1.Cl. The van der Waals surface area contributed by atoms with Crippen LogP contribution in [0.3, 0.4) is 0 Å². The number of fused-ring (bicyclic) bond motifs is 2. The van der Waals surface area contributed by atoms with E-state index in [2.05, 4.69) is 64.8 Å². The molecule has 0 amide bonds. The number of piperidine rings is 1. The Morgan fingerprint density at radius 1 is 1.35 bits per heavy atom. The van der Waals surface area contributed by atoms with Crippen LogP contribution in [-0.2, 0) is 4.79 Å². The lowest BCUT2D eigenvalue weighted by Crippen LogP contribution is -2.50. The Balaban J connectivity index is 0.00000192. The lowest BCUT2D eigenvalue weighted by molar-refractivity contribution is -0.146. The molecule has 1 N–H and O–H groups in total. The lowest BCUT2D eigenvalue weighted by Gasteiger charge is -2.42. The third kappa shape index (κ3) is 3.74. The minimum atomic E-state index is -0.639. The number of carboxylic acid groups (broad SMARTS) is 1. The molecule has 2 saturated heterocycles. The van der Waals surface area contributed by atoms with Crippen LogP contribution in [0.2, 0.25) is 0 Å². The van der Waals surface area contributed by atoms with Gasteiger partial charge in [-0.25, -0.2) is 0 Å². The van der Waals surface area contributed by atoms with E-state index in [-0.39, 0.29) is 30.3 Å². The van der Waals surface area contributed by atoms with Crippen LogP contribution in [0.5, 0.6) is 0 Å². The highest BCUT2D eigenvalue weighted by Gasteiger charge is 2.50. The molecule has 5 heteroatoms. The van der Waals surface area contributed by atoms with Crippen LogP contribution in [0, 0.1) is 12.8 Å². The molecule has 0 unspecified atom stereocenters. The van der Waals surface area contributed by atoms with E-state index in [0.29, 0.717) is 6.04 Å². The van der Waals surface area contributed by atoms with Gasteiger partial charge in [0.25, 0.3) is 0 Å². The van der Waals surface area contributed by atoms with Gasteiger partial charge in [-0.3, -0.25) is 9.69 Å². The molecule has 2 aliphatic heterocycles. The second kappa shape index (κ2) is 7.99. The van der Waals surface area contributed by atoms with Crippen LogP contribution in [0.1, 0.15) is 36.3 Å². The van der Waals surface area contributed by atoms with Gasteiger partial charge in [-0.2, -0.15) is 0 Å². The Labute approximate surface area is 157 Å². The molecule has 126 valence electrons. The van der Waals surface area contributed by atoms with Gasteiger partial charge in [0.15, 0.2) is 0 Å². The van der Waals surface area contributed by atoms with E-state index < -0.39 is 5.97 Å². The standard InChI is InChI=1S/C18H22INO2.ClH/c1-12-3-5-13(6-4-12)15-11-14-7-8-16(17(15)18(21)22)20(14)10-2-9-19;/h2-6,9,14-17H,7-8,10-11H2,1H3,(H,21,22);1H/b9-2+;/t14-,15-,16+,17+;/m0./s1. The molecule has 3 nitrogen and oxygen atoms in total. The number of aliphatic carboxylic acids is 1. The normalized spacial score (nSPS) is 30.3. The maximum atomic E-state index is 12.0. The monoisotopic (exact) mass is 447 g/mol. The third-order valence-electron chi connectivity index (χ3n) is 5.26. The largest absolute Gasteiger partial charge is 0.481 e. The number of halogens is 2. The van der Waals surface area contributed by atoms with Gasteiger partial charge in [-0.1, -0.05) is 58.5 Å². The lowest BCUT2D eigenvalue weighted by atomic mass is 9.76. The maximum absolute atomic E-state index is 12.0. The van der Waals surface area contributed by atoms with Gasteiger partial charge in [-0.15, -0.1) is 12.4 Å². The zero-order valence-corrected chi connectivity index (χ0v) is 16.2. The van der Waals surface area contributed by atoms with E-state index in [0.717, 1.165) is 25.8 Å². The number of carbonyl (C=O) groups is 1. The fourth-order valence-electron chi connectivity index (χ4n) is 4.25. The third-order valence-corrected chi connectivity index (χ3v) is 5.77. The van der Waals surface area contributed by atoms with Crippen LogP contribution in [0.15, 0.2) is 34.4 Å². The van der Waals surface area contributed by atoms with E-state index in [1.807, 2.05) is 4.08 Å². The van der Waals surface area contributed by atoms with Crippen LogP contribution in [-0.4, -0.2) is 34.6 Å². The molecule has 23 heavy (non-hydrogen) atoms. The maximum Gasteiger partial charge on any atom is 0.308 e. The molecule has 1 aromatic carbocycles. The van der Waals surface area contributed by atoms with Crippen molar-refractivity contribution in [3.05, 3.63) is 45.6 Å². The van der Waals surface area contributed by atoms with E-state index >= 15 is 0 Å². The number of carboxylic acids is 1.